The van der Waals surface area contributed by atoms with E-state index in [0.29, 0.717) is 19.3 Å². The first-order valence-corrected chi connectivity index (χ1v) is 6.80. The number of aromatic nitrogens is 2. The van der Waals surface area contributed by atoms with Crippen LogP contribution in [0, 0.1) is 0 Å². The Morgan fingerprint density at radius 3 is 2.86 bits per heavy atom. The van der Waals surface area contributed by atoms with Crippen LogP contribution in [0.4, 0.5) is 13.2 Å². The van der Waals surface area contributed by atoms with E-state index in [-0.39, 0.29) is 18.6 Å². The second-order valence-electron chi connectivity index (χ2n) is 5.16. The molecule has 1 saturated carbocycles. The highest BCUT2D eigenvalue weighted by Crippen LogP contribution is 2.39. The van der Waals surface area contributed by atoms with Crippen molar-refractivity contribution in [2.45, 2.75) is 43.9 Å². The normalized spacial score (nSPS) is 26.0. The van der Waals surface area contributed by atoms with Gasteiger partial charge in [0.1, 0.15) is 5.54 Å². The van der Waals surface area contributed by atoms with Crippen molar-refractivity contribution >= 4 is 5.97 Å². The number of halogens is 3. The molecule has 118 valence electrons. The molecule has 21 heavy (non-hydrogen) atoms. The first-order chi connectivity index (χ1) is 9.82. The highest BCUT2D eigenvalue weighted by Gasteiger charge is 2.46. The molecule has 1 aromatic heterocycles. The molecule has 0 radical (unpaired) electrons. The summed E-state index contributed by atoms with van der Waals surface area (Å²) in [6.45, 7) is 1.99. The third kappa shape index (κ3) is 3.04. The molecule has 0 bridgehead atoms. The van der Waals surface area contributed by atoms with Gasteiger partial charge in [0, 0.05) is 6.20 Å². The average molecular weight is 305 g/mol. The molecule has 1 fully saturated rings. The van der Waals surface area contributed by atoms with Crippen LogP contribution >= 0.6 is 0 Å². The molecule has 1 N–H and O–H groups in total. The quantitative estimate of drug-likeness (QED) is 0.866. The molecule has 5 nitrogen and oxygen atoms in total. The fourth-order valence-electron chi connectivity index (χ4n) is 2.71. The molecule has 8 heteroatoms. The Kier molecular flexibility index (Phi) is 4.27. The molecule has 0 amide bonds. The molecule has 0 aromatic carbocycles. The van der Waals surface area contributed by atoms with Gasteiger partial charge < -0.3 is 10.1 Å². The number of carbonyl (C=O) groups excluding carboxylic acids is 1. The summed E-state index contributed by atoms with van der Waals surface area (Å²) in [6.07, 6.45) is -1.17. The molecule has 1 heterocycles. The summed E-state index contributed by atoms with van der Waals surface area (Å²) in [4.78, 5) is 12.0. The van der Waals surface area contributed by atoms with Crippen LogP contribution in [0.1, 0.15) is 37.8 Å². The monoisotopic (exact) mass is 305 g/mol. The minimum Gasteiger partial charge on any atom is -0.465 e. The minimum absolute atomic E-state index is 0.252. The molecule has 0 aliphatic heterocycles. The maximum Gasteiger partial charge on any atom is 0.419 e. The maximum atomic E-state index is 12.6. The lowest BCUT2D eigenvalue weighted by Gasteiger charge is -2.26. The summed E-state index contributed by atoms with van der Waals surface area (Å²) < 4.78 is 44.1. The zero-order valence-electron chi connectivity index (χ0n) is 11.9. The van der Waals surface area contributed by atoms with Crippen LogP contribution in [0.15, 0.2) is 12.4 Å². The number of carbonyl (C=O) groups is 1. The number of nitrogens with zero attached hydrogens (tertiary/aromatic N) is 2. The van der Waals surface area contributed by atoms with Crippen molar-refractivity contribution in [3.05, 3.63) is 18.0 Å². The fourth-order valence-corrected chi connectivity index (χ4v) is 2.71. The summed E-state index contributed by atoms with van der Waals surface area (Å²) >= 11 is 0. The summed E-state index contributed by atoms with van der Waals surface area (Å²) in [5, 5.41) is 6.75. The molecule has 2 atom stereocenters. The van der Waals surface area contributed by atoms with Crippen LogP contribution < -0.4 is 5.32 Å². The van der Waals surface area contributed by atoms with Crippen molar-refractivity contribution in [3.63, 3.8) is 0 Å². The number of likely N-dealkylation sites (N-methyl/N-ethyl adjacent to an activating group) is 1. The molecular weight excluding hydrogens is 287 g/mol. The molecule has 0 saturated heterocycles. The standard InChI is InChI=1S/C13H18F3N3O2/c1-3-21-11(20)12(17-2)5-4-10(6-12)19-8-9(7-18-19)13(14,15)16/h7-8,10,17H,3-6H2,1-2H3. The lowest BCUT2D eigenvalue weighted by atomic mass is 9.98. The number of alkyl halides is 3. The Morgan fingerprint density at radius 2 is 2.33 bits per heavy atom. The molecule has 2 rings (SSSR count). The van der Waals surface area contributed by atoms with Crippen molar-refractivity contribution in [1.82, 2.24) is 15.1 Å². The zero-order chi connectivity index (χ0) is 15.7. The van der Waals surface area contributed by atoms with Gasteiger partial charge in [-0.05, 0) is 33.2 Å². The Bertz CT molecular complexity index is 515. The van der Waals surface area contributed by atoms with Gasteiger partial charge in [0.2, 0.25) is 0 Å². The van der Waals surface area contributed by atoms with Gasteiger partial charge in [-0.1, -0.05) is 0 Å². The highest BCUT2D eigenvalue weighted by molar-refractivity contribution is 5.81. The second kappa shape index (κ2) is 5.67. The van der Waals surface area contributed by atoms with Crippen molar-refractivity contribution in [2.24, 2.45) is 0 Å². The van der Waals surface area contributed by atoms with Gasteiger partial charge in [-0.2, -0.15) is 18.3 Å². The summed E-state index contributed by atoms with van der Waals surface area (Å²) in [7, 11) is 1.66. The van der Waals surface area contributed by atoms with Crippen molar-refractivity contribution < 1.29 is 22.7 Å². The van der Waals surface area contributed by atoms with Gasteiger partial charge >= 0.3 is 12.1 Å². The third-order valence-electron chi connectivity index (χ3n) is 3.94. The summed E-state index contributed by atoms with van der Waals surface area (Å²) in [6, 6.07) is -0.252. The van der Waals surface area contributed by atoms with Gasteiger partial charge in [-0.3, -0.25) is 9.48 Å². The average Bonchev–Trinajstić information content (AvgIpc) is 3.06. The molecule has 1 aliphatic rings. The molecule has 1 aliphatic carbocycles. The molecule has 0 spiro atoms. The second-order valence-corrected chi connectivity index (χ2v) is 5.16. The van der Waals surface area contributed by atoms with Gasteiger partial charge in [0.15, 0.2) is 0 Å². The Balaban J connectivity index is 2.14. The van der Waals surface area contributed by atoms with Gasteiger partial charge in [0.25, 0.3) is 0 Å². The van der Waals surface area contributed by atoms with E-state index in [2.05, 4.69) is 10.4 Å². The van der Waals surface area contributed by atoms with Crippen molar-refractivity contribution in [3.8, 4) is 0 Å². The van der Waals surface area contributed by atoms with E-state index in [9.17, 15) is 18.0 Å². The van der Waals surface area contributed by atoms with Crippen LogP contribution in [-0.2, 0) is 15.7 Å². The Labute approximate surface area is 120 Å². The maximum absolute atomic E-state index is 12.6. The zero-order valence-corrected chi connectivity index (χ0v) is 11.9. The highest BCUT2D eigenvalue weighted by atomic mass is 19.4. The number of nitrogens with one attached hydrogen (secondary N) is 1. The predicted molar refractivity (Wildman–Crippen MR) is 68.5 cm³/mol. The molecule has 2 unspecified atom stereocenters. The lowest BCUT2D eigenvalue weighted by molar-refractivity contribution is -0.151. The van der Waals surface area contributed by atoms with E-state index in [1.165, 1.54) is 4.68 Å². The number of hydrogen-bond donors (Lipinski definition) is 1. The smallest absolute Gasteiger partial charge is 0.419 e. The SMILES string of the molecule is CCOC(=O)C1(NC)CCC(n2cc(C(F)(F)F)cn2)C1. The van der Waals surface area contributed by atoms with E-state index in [1.54, 1.807) is 14.0 Å². The molecule has 1 aromatic rings. The predicted octanol–water partition coefficient (Wildman–Crippen LogP) is 2.15. The van der Waals surface area contributed by atoms with E-state index < -0.39 is 17.3 Å². The number of hydrogen-bond acceptors (Lipinski definition) is 4. The van der Waals surface area contributed by atoms with Crippen LogP contribution in [0.5, 0.6) is 0 Å². The number of esters is 1. The van der Waals surface area contributed by atoms with Gasteiger partial charge in [0.05, 0.1) is 24.4 Å². The fraction of sp³-hybridized carbons (Fsp3) is 0.692. The minimum atomic E-state index is -4.40. The first-order valence-electron chi connectivity index (χ1n) is 6.80. The Hall–Kier alpha value is -1.57. The molecular formula is C13H18F3N3O2. The van der Waals surface area contributed by atoms with E-state index in [0.717, 1.165) is 12.4 Å². The van der Waals surface area contributed by atoms with Gasteiger partial charge in [-0.25, -0.2) is 0 Å². The van der Waals surface area contributed by atoms with Crippen LogP contribution in [0.3, 0.4) is 0 Å². The first kappa shape index (κ1) is 15.8. The van der Waals surface area contributed by atoms with E-state index in [1.807, 2.05) is 0 Å². The van der Waals surface area contributed by atoms with Crippen molar-refractivity contribution in [2.75, 3.05) is 13.7 Å². The lowest BCUT2D eigenvalue weighted by Crippen LogP contribution is -2.49. The number of rotatable bonds is 4. The van der Waals surface area contributed by atoms with Crippen molar-refractivity contribution in [1.29, 1.82) is 0 Å². The van der Waals surface area contributed by atoms with Crippen LogP contribution in [0.25, 0.3) is 0 Å². The van der Waals surface area contributed by atoms with Crippen LogP contribution in [0.2, 0.25) is 0 Å². The van der Waals surface area contributed by atoms with E-state index in [4.69, 9.17) is 4.74 Å². The van der Waals surface area contributed by atoms with Crippen LogP contribution in [-0.4, -0.2) is 34.9 Å². The topological polar surface area (TPSA) is 56.1 Å². The largest absolute Gasteiger partial charge is 0.465 e. The number of ether oxygens (including phenoxy) is 1. The third-order valence-corrected chi connectivity index (χ3v) is 3.94. The van der Waals surface area contributed by atoms with Gasteiger partial charge in [-0.15, -0.1) is 0 Å². The summed E-state index contributed by atoms with van der Waals surface area (Å²) in [5.41, 5.74) is -1.62. The van der Waals surface area contributed by atoms with E-state index >= 15 is 0 Å². The summed E-state index contributed by atoms with van der Waals surface area (Å²) in [5.74, 6) is -0.363. The Morgan fingerprint density at radius 1 is 1.62 bits per heavy atom.